The highest BCUT2D eigenvalue weighted by molar-refractivity contribution is 9.11. The van der Waals surface area contributed by atoms with Gasteiger partial charge in [0.15, 0.2) is 12.2 Å². The lowest BCUT2D eigenvalue weighted by molar-refractivity contribution is -0.118. The van der Waals surface area contributed by atoms with E-state index in [2.05, 4.69) is 42.2 Å². The van der Waals surface area contributed by atoms with Crippen LogP contribution >= 0.6 is 31.9 Å². The van der Waals surface area contributed by atoms with Gasteiger partial charge in [0.05, 0.1) is 4.47 Å². The third-order valence-electron chi connectivity index (χ3n) is 4.28. The molecule has 0 atom stereocenters. The van der Waals surface area contributed by atoms with Crippen molar-refractivity contribution in [3.8, 4) is 17.2 Å². The van der Waals surface area contributed by atoms with E-state index in [0.29, 0.717) is 34.0 Å². The van der Waals surface area contributed by atoms with Crippen molar-refractivity contribution in [2.45, 2.75) is 6.92 Å². The van der Waals surface area contributed by atoms with Crippen molar-refractivity contribution in [3.63, 3.8) is 0 Å². The Labute approximate surface area is 188 Å². The summed E-state index contributed by atoms with van der Waals surface area (Å²) in [6.07, 6.45) is 0. The van der Waals surface area contributed by atoms with Crippen LogP contribution < -0.4 is 10.1 Å². The van der Waals surface area contributed by atoms with Crippen LogP contribution in [0.5, 0.6) is 5.75 Å². The molecule has 4 rings (SSSR count). The minimum absolute atomic E-state index is 0.146. The first kappa shape index (κ1) is 20.6. The number of benzene rings is 3. The Hall–Kier alpha value is -2.71. The second-order valence-corrected chi connectivity index (χ2v) is 8.35. The average Bonchev–Trinajstić information content (AvgIpc) is 3.10. The fourth-order valence-electron chi connectivity index (χ4n) is 2.96. The molecule has 0 aliphatic carbocycles. The molecule has 3 aromatic carbocycles. The molecular weight excluding hydrogens is 519 g/mol. The van der Waals surface area contributed by atoms with E-state index in [4.69, 9.17) is 9.15 Å². The number of ether oxygens (including phenoxy) is 1. The molecule has 0 saturated heterocycles. The minimum Gasteiger partial charge on any atom is -0.482 e. The van der Waals surface area contributed by atoms with Crippen LogP contribution in [-0.4, -0.2) is 17.5 Å². The number of halogens is 3. The van der Waals surface area contributed by atoms with E-state index >= 15 is 0 Å². The molecule has 0 saturated carbocycles. The predicted octanol–water partition coefficient (Wildman–Crippen LogP) is 6.48. The number of oxazole rings is 1. The van der Waals surface area contributed by atoms with E-state index in [9.17, 15) is 9.18 Å². The van der Waals surface area contributed by atoms with Crippen LogP contribution in [0.3, 0.4) is 0 Å². The normalized spacial score (nSPS) is 10.9. The smallest absolute Gasteiger partial charge is 0.262 e. The zero-order chi connectivity index (χ0) is 21.3. The molecule has 4 aromatic rings. The molecule has 1 N–H and O–H groups in total. The number of hydrogen-bond acceptors (Lipinski definition) is 4. The Kier molecular flexibility index (Phi) is 5.87. The molecule has 30 heavy (non-hydrogen) atoms. The van der Waals surface area contributed by atoms with Crippen LogP contribution in [0, 0.1) is 12.7 Å². The maximum absolute atomic E-state index is 13.4. The third-order valence-corrected chi connectivity index (χ3v) is 5.33. The number of hydrogen-bond donors (Lipinski definition) is 1. The zero-order valence-electron chi connectivity index (χ0n) is 15.7. The van der Waals surface area contributed by atoms with Gasteiger partial charge in [0.25, 0.3) is 5.91 Å². The van der Waals surface area contributed by atoms with Crippen molar-refractivity contribution in [1.29, 1.82) is 0 Å². The minimum atomic E-state index is -0.365. The Morgan fingerprint density at radius 3 is 2.77 bits per heavy atom. The molecule has 0 unspecified atom stereocenters. The number of carbonyl (C=O) groups excluding carboxylic acids is 1. The summed E-state index contributed by atoms with van der Waals surface area (Å²) in [5.74, 6) is 0.250. The van der Waals surface area contributed by atoms with Crippen LogP contribution in [0.1, 0.15) is 5.56 Å². The number of aromatic nitrogens is 1. The van der Waals surface area contributed by atoms with Crippen LogP contribution in [0.15, 0.2) is 68.0 Å². The van der Waals surface area contributed by atoms with Gasteiger partial charge >= 0.3 is 0 Å². The van der Waals surface area contributed by atoms with Crippen LogP contribution in [0.25, 0.3) is 22.6 Å². The van der Waals surface area contributed by atoms with Gasteiger partial charge in [-0.3, -0.25) is 4.79 Å². The van der Waals surface area contributed by atoms with Gasteiger partial charge in [0.2, 0.25) is 5.89 Å². The van der Waals surface area contributed by atoms with Gasteiger partial charge in [-0.25, -0.2) is 9.37 Å². The second kappa shape index (κ2) is 8.57. The molecule has 8 heteroatoms. The third kappa shape index (κ3) is 4.55. The second-order valence-electron chi connectivity index (χ2n) is 6.58. The van der Waals surface area contributed by atoms with Crippen LogP contribution in [0.2, 0.25) is 0 Å². The molecule has 152 valence electrons. The van der Waals surface area contributed by atoms with Gasteiger partial charge in [-0.15, -0.1) is 0 Å². The Morgan fingerprint density at radius 2 is 2.00 bits per heavy atom. The van der Waals surface area contributed by atoms with Gasteiger partial charge in [-0.1, -0.05) is 22.0 Å². The summed E-state index contributed by atoms with van der Waals surface area (Å²) in [5.41, 5.74) is 3.10. The van der Waals surface area contributed by atoms with E-state index in [0.717, 1.165) is 14.5 Å². The first-order valence-corrected chi connectivity index (χ1v) is 10.5. The molecule has 0 aliphatic heterocycles. The first-order valence-electron chi connectivity index (χ1n) is 8.94. The summed E-state index contributed by atoms with van der Waals surface area (Å²) in [4.78, 5) is 16.7. The SMILES string of the molecule is Cc1cc(Br)cc(Br)c1OCC(=O)Nc1ccc2oc(-c3cccc(F)c3)nc2c1. The number of fused-ring (bicyclic) bond motifs is 1. The Morgan fingerprint density at radius 1 is 1.17 bits per heavy atom. The summed E-state index contributed by atoms with van der Waals surface area (Å²) < 4.78 is 26.5. The lowest BCUT2D eigenvalue weighted by atomic mass is 10.2. The molecule has 0 fully saturated rings. The molecule has 0 radical (unpaired) electrons. The number of carbonyl (C=O) groups is 1. The summed E-state index contributed by atoms with van der Waals surface area (Å²) >= 11 is 6.85. The van der Waals surface area contributed by atoms with E-state index in [1.54, 1.807) is 30.3 Å². The first-order chi connectivity index (χ1) is 14.4. The number of amides is 1. The fraction of sp³-hybridized carbons (Fsp3) is 0.0909. The largest absolute Gasteiger partial charge is 0.482 e. The number of aryl methyl sites for hydroxylation is 1. The molecule has 1 aromatic heterocycles. The van der Waals surface area contributed by atoms with Gasteiger partial charge < -0.3 is 14.5 Å². The Balaban J connectivity index is 1.47. The van der Waals surface area contributed by atoms with Gasteiger partial charge in [0, 0.05) is 15.7 Å². The standard InChI is InChI=1S/C22H15Br2FN2O3/c1-12-7-14(23)9-17(24)21(12)29-11-20(28)26-16-5-6-19-18(10-16)27-22(30-19)13-3-2-4-15(25)8-13/h2-10H,11H2,1H3,(H,26,28). The molecule has 0 aliphatic rings. The van der Waals surface area contributed by atoms with E-state index in [1.165, 1.54) is 12.1 Å². The quantitative estimate of drug-likeness (QED) is 0.318. The van der Waals surface area contributed by atoms with E-state index in [-0.39, 0.29) is 18.3 Å². The van der Waals surface area contributed by atoms with E-state index in [1.807, 2.05) is 19.1 Å². The van der Waals surface area contributed by atoms with Crippen LogP contribution in [-0.2, 0) is 4.79 Å². The summed E-state index contributed by atoms with van der Waals surface area (Å²) in [7, 11) is 0. The zero-order valence-corrected chi connectivity index (χ0v) is 18.9. The topological polar surface area (TPSA) is 64.4 Å². The maximum atomic E-state index is 13.4. The van der Waals surface area contributed by atoms with Gasteiger partial charge in [-0.05, 0) is 76.9 Å². The lowest BCUT2D eigenvalue weighted by Gasteiger charge is -2.12. The van der Waals surface area contributed by atoms with Crippen molar-refractivity contribution in [3.05, 3.63) is 74.9 Å². The molecule has 0 spiro atoms. The highest BCUT2D eigenvalue weighted by Crippen LogP contribution is 2.32. The van der Waals surface area contributed by atoms with Crippen LogP contribution in [0.4, 0.5) is 10.1 Å². The van der Waals surface area contributed by atoms with Crippen molar-refractivity contribution < 1.29 is 18.3 Å². The van der Waals surface area contributed by atoms with E-state index < -0.39 is 0 Å². The lowest BCUT2D eigenvalue weighted by Crippen LogP contribution is -2.20. The highest BCUT2D eigenvalue weighted by Gasteiger charge is 2.12. The molecule has 1 amide bonds. The van der Waals surface area contributed by atoms with Crippen molar-refractivity contribution in [2.24, 2.45) is 0 Å². The van der Waals surface area contributed by atoms with Gasteiger partial charge in [0.1, 0.15) is 17.1 Å². The molecule has 0 bridgehead atoms. The number of anilines is 1. The molecule has 1 heterocycles. The highest BCUT2D eigenvalue weighted by atomic mass is 79.9. The van der Waals surface area contributed by atoms with Crippen molar-refractivity contribution in [1.82, 2.24) is 4.98 Å². The van der Waals surface area contributed by atoms with Gasteiger partial charge in [-0.2, -0.15) is 0 Å². The maximum Gasteiger partial charge on any atom is 0.262 e. The fourth-order valence-corrected chi connectivity index (χ4v) is 4.51. The summed E-state index contributed by atoms with van der Waals surface area (Å²) in [6.45, 7) is 1.75. The predicted molar refractivity (Wildman–Crippen MR) is 120 cm³/mol. The average molecular weight is 534 g/mol. The molecular formula is C22H15Br2FN2O3. The Bertz CT molecular complexity index is 1230. The summed E-state index contributed by atoms with van der Waals surface area (Å²) in [6, 6.07) is 14.9. The number of rotatable bonds is 5. The number of nitrogens with one attached hydrogen (secondary N) is 1. The number of nitrogens with zero attached hydrogens (tertiary/aromatic N) is 1. The van der Waals surface area contributed by atoms with Crippen molar-refractivity contribution >= 4 is 54.6 Å². The monoisotopic (exact) mass is 532 g/mol. The molecule has 5 nitrogen and oxygen atoms in total. The summed E-state index contributed by atoms with van der Waals surface area (Å²) in [5, 5.41) is 2.78. The van der Waals surface area contributed by atoms with Crippen molar-refractivity contribution in [2.75, 3.05) is 11.9 Å².